The van der Waals surface area contributed by atoms with Crippen LogP contribution in [0.2, 0.25) is 0 Å². The highest BCUT2D eigenvalue weighted by molar-refractivity contribution is 7.90. The fourth-order valence-electron chi connectivity index (χ4n) is 3.32. The predicted octanol–water partition coefficient (Wildman–Crippen LogP) is 4.03. The number of aryl methyl sites for hydroxylation is 1. The van der Waals surface area contributed by atoms with E-state index in [1.807, 2.05) is 6.92 Å². The monoisotopic (exact) mass is 371 g/mol. The quantitative estimate of drug-likeness (QED) is 0.863. The minimum absolute atomic E-state index is 0.0689. The molecule has 5 heteroatoms. The van der Waals surface area contributed by atoms with Gasteiger partial charge in [-0.25, -0.2) is 8.42 Å². The zero-order chi connectivity index (χ0) is 18.6. The van der Waals surface area contributed by atoms with E-state index in [1.54, 1.807) is 48.5 Å². The summed E-state index contributed by atoms with van der Waals surface area (Å²) in [5, 5.41) is 3.08. The number of hydrogen-bond acceptors (Lipinski definition) is 3. The van der Waals surface area contributed by atoms with Crippen LogP contribution in [0.1, 0.15) is 53.6 Å². The van der Waals surface area contributed by atoms with Crippen molar-refractivity contribution in [2.75, 3.05) is 0 Å². The number of nitrogens with one attached hydrogen (secondary N) is 1. The summed E-state index contributed by atoms with van der Waals surface area (Å²) in [7, 11) is -3.39. The zero-order valence-corrected chi connectivity index (χ0v) is 15.9. The first-order valence-corrected chi connectivity index (χ1v) is 10.8. The SMILES string of the molecule is Cc1ccc(S(=O)(=O)Cc2ccc(C(=O)NC3CCCCC3)cc2)cc1. The second-order valence-electron chi connectivity index (χ2n) is 7.08. The molecule has 1 amide bonds. The number of carbonyl (C=O) groups is 1. The van der Waals surface area contributed by atoms with Gasteiger partial charge in [-0.2, -0.15) is 0 Å². The smallest absolute Gasteiger partial charge is 0.251 e. The molecule has 2 aromatic carbocycles. The first-order chi connectivity index (χ1) is 12.4. The highest BCUT2D eigenvalue weighted by atomic mass is 32.2. The van der Waals surface area contributed by atoms with Gasteiger partial charge in [-0.15, -0.1) is 0 Å². The third-order valence-corrected chi connectivity index (χ3v) is 6.60. The lowest BCUT2D eigenvalue weighted by Crippen LogP contribution is -2.36. The van der Waals surface area contributed by atoms with E-state index in [-0.39, 0.29) is 17.7 Å². The maximum atomic E-state index is 12.5. The Morgan fingerprint density at radius 3 is 2.19 bits per heavy atom. The van der Waals surface area contributed by atoms with Gasteiger partial charge in [-0.3, -0.25) is 4.79 Å². The Hall–Kier alpha value is -2.14. The van der Waals surface area contributed by atoms with Crippen LogP contribution in [0.5, 0.6) is 0 Å². The number of benzene rings is 2. The average molecular weight is 372 g/mol. The molecule has 1 saturated carbocycles. The summed E-state index contributed by atoms with van der Waals surface area (Å²) < 4.78 is 25.0. The minimum Gasteiger partial charge on any atom is -0.349 e. The third-order valence-electron chi connectivity index (χ3n) is 4.89. The number of sulfone groups is 1. The number of rotatable bonds is 5. The third kappa shape index (κ3) is 4.73. The fourth-order valence-corrected chi connectivity index (χ4v) is 4.67. The van der Waals surface area contributed by atoms with Crippen LogP contribution in [0.4, 0.5) is 0 Å². The molecule has 1 N–H and O–H groups in total. The molecule has 0 saturated heterocycles. The van der Waals surface area contributed by atoms with E-state index >= 15 is 0 Å². The Morgan fingerprint density at radius 1 is 0.962 bits per heavy atom. The van der Waals surface area contributed by atoms with E-state index in [2.05, 4.69) is 5.32 Å². The van der Waals surface area contributed by atoms with Crippen molar-refractivity contribution >= 4 is 15.7 Å². The normalized spacial score (nSPS) is 15.6. The Labute approximate surface area is 155 Å². The number of carbonyl (C=O) groups excluding carboxylic acids is 1. The van der Waals surface area contributed by atoms with Crippen LogP contribution in [0, 0.1) is 6.92 Å². The van der Waals surface area contributed by atoms with Crippen LogP contribution in [0.25, 0.3) is 0 Å². The van der Waals surface area contributed by atoms with E-state index in [0.717, 1.165) is 18.4 Å². The van der Waals surface area contributed by atoms with Gasteiger partial charge in [-0.05, 0) is 49.6 Å². The Bertz CT molecular complexity index is 849. The van der Waals surface area contributed by atoms with Gasteiger partial charge in [0.05, 0.1) is 10.6 Å². The lowest BCUT2D eigenvalue weighted by Gasteiger charge is -2.22. The number of hydrogen-bond donors (Lipinski definition) is 1. The van der Waals surface area contributed by atoms with Gasteiger partial charge < -0.3 is 5.32 Å². The summed E-state index contributed by atoms with van der Waals surface area (Å²) >= 11 is 0. The first-order valence-electron chi connectivity index (χ1n) is 9.13. The van der Waals surface area contributed by atoms with Crippen molar-refractivity contribution in [3.63, 3.8) is 0 Å². The fraction of sp³-hybridized carbons (Fsp3) is 0.381. The molecular formula is C21H25NO3S. The van der Waals surface area contributed by atoms with E-state index in [9.17, 15) is 13.2 Å². The molecule has 138 valence electrons. The van der Waals surface area contributed by atoms with Crippen molar-refractivity contribution in [2.24, 2.45) is 0 Å². The molecule has 0 aliphatic heterocycles. The van der Waals surface area contributed by atoms with Gasteiger partial charge in [0.1, 0.15) is 0 Å². The van der Waals surface area contributed by atoms with Gasteiger partial charge in [0, 0.05) is 11.6 Å². The van der Waals surface area contributed by atoms with Crippen LogP contribution >= 0.6 is 0 Å². The zero-order valence-electron chi connectivity index (χ0n) is 15.1. The summed E-state index contributed by atoms with van der Waals surface area (Å²) in [4.78, 5) is 12.7. The molecule has 0 atom stereocenters. The predicted molar refractivity (Wildman–Crippen MR) is 103 cm³/mol. The maximum absolute atomic E-state index is 12.5. The van der Waals surface area contributed by atoms with Gasteiger partial charge in [0.25, 0.3) is 5.91 Å². The van der Waals surface area contributed by atoms with Gasteiger partial charge in [0.15, 0.2) is 9.84 Å². The van der Waals surface area contributed by atoms with E-state index in [4.69, 9.17) is 0 Å². The molecule has 1 aliphatic rings. The van der Waals surface area contributed by atoms with Crippen LogP contribution in [-0.2, 0) is 15.6 Å². The maximum Gasteiger partial charge on any atom is 0.251 e. The molecule has 4 nitrogen and oxygen atoms in total. The van der Waals surface area contributed by atoms with Crippen LogP contribution in [-0.4, -0.2) is 20.4 Å². The van der Waals surface area contributed by atoms with Crippen LogP contribution in [0.15, 0.2) is 53.4 Å². The topological polar surface area (TPSA) is 63.2 Å². The molecule has 2 aromatic rings. The molecule has 0 aromatic heterocycles. The van der Waals surface area contributed by atoms with Crippen molar-refractivity contribution in [1.82, 2.24) is 5.32 Å². The van der Waals surface area contributed by atoms with Crippen LogP contribution in [0.3, 0.4) is 0 Å². The summed E-state index contributed by atoms with van der Waals surface area (Å²) in [5.41, 5.74) is 2.28. The lowest BCUT2D eigenvalue weighted by atomic mass is 9.95. The van der Waals surface area contributed by atoms with Gasteiger partial charge >= 0.3 is 0 Å². The molecule has 0 radical (unpaired) electrons. The second kappa shape index (κ2) is 8.04. The molecule has 0 heterocycles. The van der Waals surface area contributed by atoms with Crippen molar-refractivity contribution < 1.29 is 13.2 Å². The Balaban J connectivity index is 1.65. The largest absolute Gasteiger partial charge is 0.349 e. The summed E-state index contributed by atoms with van der Waals surface area (Å²) in [6, 6.07) is 14.0. The van der Waals surface area contributed by atoms with Gasteiger partial charge in [0.2, 0.25) is 0 Å². The van der Waals surface area contributed by atoms with Gasteiger partial charge in [-0.1, -0.05) is 49.1 Å². The highest BCUT2D eigenvalue weighted by Gasteiger charge is 2.18. The summed E-state index contributed by atoms with van der Waals surface area (Å²) in [6.07, 6.45) is 5.66. The molecule has 26 heavy (non-hydrogen) atoms. The Kier molecular flexibility index (Phi) is 5.77. The second-order valence-corrected chi connectivity index (χ2v) is 9.07. The van der Waals surface area contributed by atoms with Crippen molar-refractivity contribution in [1.29, 1.82) is 0 Å². The first kappa shape index (κ1) is 18.6. The average Bonchev–Trinajstić information content (AvgIpc) is 2.63. The van der Waals surface area contributed by atoms with Crippen molar-refractivity contribution in [3.8, 4) is 0 Å². The lowest BCUT2D eigenvalue weighted by molar-refractivity contribution is 0.0927. The van der Waals surface area contributed by atoms with Crippen LogP contribution < -0.4 is 5.32 Å². The van der Waals surface area contributed by atoms with E-state index < -0.39 is 9.84 Å². The van der Waals surface area contributed by atoms with Crippen molar-refractivity contribution in [3.05, 3.63) is 65.2 Å². The molecule has 3 rings (SSSR count). The number of amides is 1. The highest BCUT2D eigenvalue weighted by Crippen LogP contribution is 2.19. The molecule has 0 bridgehead atoms. The minimum atomic E-state index is -3.39. The standard InChI is InChI=1S/C21H25NO3S/c1-16-7-13-20(14-8-16)26(24,25)15-17-9-11-18(12-10-17)21(23)22-19-5-3-2-4-6-19/h7-14,19H,2-6,15H2,1H3,(H,22,23). The van der Waals surface area contributed by atoms with E-state index in [1.165, 1.54) is 19.3 Å². The van der Waals surface area contributed by atoms with Crippen molar-refractivity contribution in [2.45, 2.75) is 55.7 Å². The molecule has 0 spiro atoms. The molecular weight excluding hydrogens is 346 g/mol. The van der Waals surface area contributed by atoms with E-state index in [0.29, 0.717) is 16.0 Å². The molecule has 1 fully saturated rings. The molecule has 1 aliphatic carbocycles. The Morgan fingerprint density at radius 2 is 1.58 bits per heavy atom. The summed E-state index contributed by atoms with van der Waals surface area (Å²) in [6.45, 7) is 1.92. The summed E-state index contributed by atoms with van der Waals surface area (Å²) in [5.74, 6) is -0.148. The molecule has 0 unspecified atom stereocenters.